The van der Waals surface area contributed by atoms with Crippen molar-refractivity contribution >= 4 is 38.8 Å². The minimum absolute atomic E-state index is 0.0573. The van der Waals surface area contributed by atoms with E-state index in [4.69, 9.17) is 4.74 Å². The van der Waals surface area contributed by atoms with Gasteiger partial charge in [-0.2, -0.15) is 4.98 Å². The number of rotatable bonds is 6. The van der Waals surface area contributed by atoms with Gasteiger partial charge in [0.1, 0.15) is 0 Å². The van der Waals surface area contributed by atoms with E-state index in [-0.39, 0.29) is 11.5 Å². The topological polar surface area (TPSA) is 77.3 Å². The van der Waals surface area contributed by atoms with Crippen LogP contribution in [0.25, 0.3) is 0 Å². The molecule has 0 radical (unpaired) electrons. The Hall–Kier alpha value is -1.67. The quantitative estimate of drug-likeness (QED) is 0.632. The van der Waals surface area contributed by atoms with Crippen molar-refractivity contribution in [1.29, 1.82) is 0 Å². The van der Waals surface area contributed by atoms with Gasteiger partial charge in [-0.15, -0.1) is 11.3 Å². The SMILES string of the molecule is COc1ccc([N+](=O)[O-])c(NCCc2ccc(Br)s2)n1. The zero-order valence-corrected chi connectivity index (χ0v) is 13.0. The van der Waals surface area contributed by atoms with E-state index >= 15 is 0 Å². The summed E-state index contributed by atoms with van der Waals surface area (Å²) in [5, 5.41) is 13.9. The number of aromatic nitrogens is 1. The third-order valence-corrected chi connectivity index (χ3v) is 4.23. The smallest absolute Gasteiger partial charge is 0.311 e. The zero-order valence-electron chi connectivity index (χ0n) is 10.6. The summed E-state index contributed by atoms with van der Waals surface area (Å²) in [5.74, 6) is 0.571. The number of halogens is 1. The Labute approximate surface area is 128 Å². The minimum Gasteiger partial charge on any atom is -0.481 e. The van der Waals surface area contributed by atoms with Gasteiger partial charge in [0.15, 0.2) is 0 Å². The number of ether oxygens (including phenoxy) is 1. The lowest BCUT2D eigenvalue weighted by Gasteiger charge is -2.07. The van der Waals surface area contributed by atoms with Crippen LogP contribution in [-0.4, -0.2) is 23.6 Å². The maximum Gasteiger partial charge on any atom is 0.311 e. The molecule has 6 nitrogen and oxygen atoms in total. The second-order valence-corrected chi connectivity index (χ2v) is 6.41. The van der Waals surface area contributed by atoms with Crippen molar-refractivity contribution in [3.05, 3.63) is 43.0 Å². The number of nitro groups is 1. The first kappa shape index (κ1) is 14.7. The lowest BCUT2D eigenvalue weighted by atomic mass is 10.3. The number of nitrogens with zero attached hydrogens (tertiary/aromatic N) is 2. The molecule has 106 valence electrons. The molecule has 0 aliphatic heterocycles. The Bertz CT molecular complexity index is 618. The van der Waals surface area contributed by atoms with Gasteiger partial charge in [-0.05, 0) is 34.5 Å². The van der Waals surface area contributed by atoms with E-state index in [9.17, 15) is 10.1 Å². The number of nitrogens with one attached hydrogen (secondary N) is 1. The molecule has 0 atom stereocenters. The van der Waals surface area contributed by atoms with Gasteiger partial charge >= 0.3 is 5.69 Å². The van der Waals surface area contributed by atoms with Crippen LogP contribution >= 0.6 is 27.3 Å². The maximum absolute atomic E-state index is 10.9. The highest BCUT2D eigenvalue weighted by Crippen LogP contribution is 2.26. The maximum atomic E-state index is 10.9. The van der Waals surface area contributed by atoms with E-state index in [1.54, 1.807) is 11.3 Å². The second kappa shape index (κ2) is 6.67. The average Bonchev–Trinajstić information content (AvgIpc) is 2.84. The van der Waals surface area contributed by atoms with Crippen LogP contribution < -0.4 is 10.1 Å². The molecular formula is C12H12BrN3O3S. The summed E-state index contributed by atoms with van der Waals surface area (Å²) in [6.07, 6.45) is 0.770. The van der Waals surface area contributed by atoms with Crippen LogP contribution in [0.1, 0.15) is 4.88 Å². The summed E-state index contributed by atoms with van der Waals surface area (Å²) in [4.78, 5) is 15.7. The first-order valence-electron chi connectivity index (χ1n) is 5.77. The molecule has 2 aromatic rings. The standard InChI is InChI=1S/C12H12BrN3O3S/c1-19-11-5-3-9(16(17)18)12(15-11)14-7-6-8-2-4-10(13)20-8/h2-5H,6-7H2,1H3,(H,14,15). The number of hydrogen-bond donors (Lipinski definition) is 1. The number of anilines is 1. The fourth-order valence-corrected chi connectivity index (χ4v) is 3.10. The normalized spacial score (nSPS) is 10.3. The van der Waals surface area contributed by atoms with Gasteiger partial charge in [0, 0.05) is 23.6 Å². The highest BCUT2D eigenvalue weighted by molar-refractivity contribution is 9.11. The van der Waals surface area contributed by atoms with Crippen molar-refractivity contribution in [3.63, 3.8) is 0 Å². The molecule has 8 heteroatoms. The molecule has 0 saturated heterocycles. The highest BCUT2D eigenvalue weighted by atomic mass is 79.9. The molecule has 0 bridgehead atoms. The molecule has 0 unspecified atom stereocenters. The molecule has 0 aliphatic rings. The third kappa shape index (κ3) is 3.67. The van der Waals surface area contributed by atoms with E-state index in [1.165, 1.54) is 24.1 Å². The van der Waals surface area contributed by atoms with E-state index < -0.39 is 4.92 Å². The van der Waals surface area contributed by atoms with Crippen molar-refractivity contribution in [2.45, 2.75) is 6.42 Å². The average molecular weight is 358 g/mol. The molecule has 0 saturated carbocycles. The predicted octanol–water partition coefficient (Wildman–Crippen LogP) is 3.48. The van der Waals surface area contributed by atoms with Crippen LogP contribution in [0, 0.1) is 10.1 Å². The summed E-state index contributed by atoms with van der Waals surface area (Å²) in [6.45, 7) is 0.563. The van der Waals surface area contributed by atoms with E-state index in [2.05, 4.69) is 26.2 Å². The molecular weight excluding hydrogens is 346 g/mol. The van der Waals surface area contributed by atoms with Crippen molar-refractivity contribution < 1.29 is 9.66 Å². The summed E-state index contributed by atoms with van der Waals surface area (Å²) in [5.41, 5.74) is -0.0573. The molecule has 2 aromatic heterocycles. The monoisotopic (exact) mass is 357 g/mol. The molecule has 1 N–H and O–H groups in total. The van der Waals surface area contributed by atoms with Gasteiger partial charge in [0.25, 0.3) is 0 Å². The lowest BCUT2D eigenvalue weighted by Crippen LogP contribution is -2.08. The minimum atomic E-state index is -0.462. The molecule has 0 spiro atoms. The van der Waals surface area contributed by atoms with Crippen LogP contribution in [0.4, 0.5) is 11.5 Å². The summed E-state index contributed by atoms with van der Waals surface area (Å²) < 4.78 is 6.05. The molecule has 0 aliphatic carbocycles. The molecule has 0 aromatic carbocycles. The fraction of sp³-hybridized carbons (Fsp3) is 0.250. The van der Waals surface area contributed by atoms with E-state index in [1.807, 2.05) is 12.1 Å². The van der Waals surface area contributed by atoms with Crippen molar-refractivity contribution in [2.24, 2.45) is 0 Å². The third-order valence-electron chi connectivity index (χ3n) is 2.55. The first-order valence-corrected chi connectivity index (χ1v) is 7.38. The lowest BCUT2D eigenvalue weighted by molar-refractivity contribution is -0.384. The molecule has 20 heavy (non-hydrogen) atoms. The molecule has 0 amide bonds. The van der Waals surface area contributed by atoms with Crippen LogP contribution in [0.2, 0.25) is 0 Å². The number of methoxy groups -OCH3 is 1. The van der Waals surface area contributed by atoms with E-state index in [0.717, 1.165) is 10.2 Å². The Morgan fingerprint density at radius 1 is 1.45 bits per heavy atom. The van der Waals surface area contributed by atoms with Gasteiger partial charge in [-0.25, -0.2) is 0 Å². The number of pyridine rings is 1. The summed E-state index contributed by atoms with van der Waals surface area (Å²) >= 11 is 5.04. The van der Waals surface area contributed by atoms with Gasteiger partial charge in [-0.1, -0.05) is 0 Å². The van der Waals surface area contributed by atoms with Gasteiger partial charge < -0.3 is 10.1 Å². The largest absolute Gasteiger partial charge is 0.481 e. The fourth-order valence-electron chi connectivity index (χ4n) is 1.62. The van der Waals surface area contributed by atoms with Gasteiger partial charge in [0.2, 0.25) is 11.7 Å². The van der Waals surface area contributed by atoms with Crippen LogP contribution in [0.3, 0.4) is 0 Å². The van der Waals surface area contributed by atoms with Crippen LogP contribution in [0.15, 0.2) is 28.1 Å². The molecule has 0 fully saturated rings. The molecule has 2 rings (SSSR count). The van der Waals surface area contributed by atoms with Crippen LogP contribution in [-0.2, 0) is 6.42 Å². The van der Waals surface area contributed by atoms with E-state index in [0.29, 0.717) is 12.4 Å². The number of hydrogen-bond acceptors (Lipinski definition) is 6. The summed E-state index contributed by atoms with van der Waals surface area (Å²) in [7, 11) is 1.47. The van der Waals surface area contributed by atoms with Crippen LogP contribution in [0.5, 0.6) is 5.88 Å². The van der Waals surface area contributed by atoms with Crippen molar-refractivity contribution in [1.82, 2.24) is 4.98 Å². The van der Waals surface area contributed by atoms with Crippen molar-refractivity contribution in [3.8, 4) is 5.88 Å². The Balaban J connectivity index is 2.05. The van der Waals surface area contributed by atoms with Gasteiger partial charge in [0.05, 0.1) is 15.8 Å². The molecule has 2 heterocycles. The Morgan fingerprint density at radius 2 is 2.25 bits per heavy atom. The summed E-state index contributed by atoms with van der Waals surface area (Å²) in [6, 6.07) is 6.85. The Morgan fingerprint density at radius 3 is 2.85 bits per heavy atom. The second-order valence-electron chi connectivity index (χ2n) is 3.86. The Kier molecular flexibility index (Phi) is 4.91. The predicted molar refractivity (Wildman–Crippen MR) is 81.7 cm³/mol. The van der Waals surface area contributed by atoms with Crippen molar-refractivity contribution in [2.75, 3.05) is 19.0 Å². The zero-order chi connectivity index (χ0) is 14.5. The first-order chi connectivity index (χ1) is 9.60. The highest BCUT2D eigenvalue weighted by Gasteiger charge is 2.16. The van der Waals surface area contributed by atoms with Gasteiger partial charge in [-0.3, -0.25) is 10.1 Å². The number of thiophene rings is 1.